The molecule has 102 valence electrons. The number of nitrogens with zero attached hydrogens (tertiary/aromatic N) is 2. The fourth-order valence-electron chi connectivity index (χ4n) is 1.43. The molecule has 0 heterocycles. The molecule has 8 nitrogen and oxygen atoms in total. The molecular weight excluding hydrogens is 254 g/mol. The Labute approximate surface area is 108 Å². The van der Waals surface area contributed by atoms with Crippen LogP contribution in [-0.2, 0) is 0 Å². The molecule has 1 aromatic carbocycles. The standard InChI is InChI=1S/C11H13N3O5/c12-4-8-1-2-9(3-10(8)14(18)19)13-11(5-15,6-16)7-17/h1-3,13,15-17H,5-7H2. The van der Waals surface area contributed by atoms with Crippen molar-refractivity contribution in [2.45, 2.75) is 5.54 Å². The van der Waals surface area contributed by atoms with Gasteiger partial charge in [-0.05, 0) is 12.1 Å². The van der Waals surface area contributed by atoms with E-state index >= 15 is 0 Å². The van der Waals surface area contributed by atoms with Crippen molar-refractivity contribution in [2.75, 3.05) is 25.1 Å². The Bertz CT molecular complexity index is 499. The van der Waals surface area contributed by atoms with Crippen molar-refractivity contribution >= 4 is 11.4 Å². The molecule has 0 aliphatic carbocycles. The van der Waals surface area contributed by atoms with Crippen LogP contribution in [0.2, 0.25) is 0 Å². The van der Waals surface area contributed by atoms with Crippen molar-refractivity contribution in [3.8, 4) is 6.07 Å². The minimum atomic E-state index is -1.39. The van der Waals surface area contributed by atoms with E-state index in [-0.39, 0.29) is 11.3 Å². The average molecular weight is 267 g/mol. The van der Waals surface area contributed by atoms with Crippen molar-refractivity contribution in [1.29, 1.82) is 5.26 Å². The van der Waals surface area contributed by atoms with Crippen LogP contribution in [0.25, 0.3) is 0 Å². The Morgan fingerprint density at radius 3 is 2.32 bits per heavy atom. The zero-order chi connectivity index (χ0) is 14.5. The Kier molecular flexibility index (Phi) is 4.77. The normalized spacial score (nSPS) is 10.8. The van der Waals surface area contributed by atoms with Gasteiger partial charge in [-0.15, -0.1) is 0 Å². The van der Waals surface area contributed by atoms with Crippen molar-refractivity contribution < 1.29 is 20.2 Å². The summed E-state index contributed by atoms with van der Waals surface area (Å²) in [7, 11) is 0. The van der Waals surface area contributed by atoms with Gasteiger partial charge in [0.1, 0.15) is 17.2 Å². The number of nitro benzene ring substituents is 1. The molecule has 0 aromatic heterocycles. The summed E-state index contributed by atoms with van der Waals surface area (Å²) in [6.45, 7) is -1.69. The van der Waals surface area contributed by atoms with E-state index in [0.717, 1.165) is 6.07 Å². The molecule has 19 heavy (non-hydrogen) atoms. The number of rotatable bonds is 6. The van der Waals surface area contributed by atoms with Gasteiger partial charge in [0.05, 0.1) is 24.7 Å². The summed E-state index contributed by atoms with van der Waals surface area (Å²) in [4.78, 5) is 10.1. The smallest absolute Gasteiger partial charge is 0.289 e. The number of nitro groups is 1. The molecule has 8 heteroatoms. The van der Waals surface area contributed by atoms with E-state index in [1.807, 2.05) is 0 Å². The summed E-state index contributed by atoms with van der Waals surface area (Å²) >= 11 is 0. The van der Waals surface area contributed by atoms with Crippen LogP contribution in [0.15, 0.2) is 18.2 Å². The highest BCUT2D eigenvalue weighted by molar-refractivity contribution is 5.60. The quantitative estimate of drug-likeness (QED) is 0.406. The first-order valence-electron chi connectivity index (χ1n) is 5.31. The number of benzene rings is 1. The summed E-state index contributed by atoms with van der Waals surface area (Å²) in [5.74, 6) is 0. The Hall–Kier alpha value is -2.21. The lowest BCUT2D eigenvalue weighted by atomic mass is 10.0. The molecule has 1 rings (SSSR count). The number of aliphatic hydroxyl groups excluding tert-OH is 3. The van der Waals surface area contributed by atoms with E-state index in [9.17, 15) is 10.1 Å². The van der Waals surface area contributed by atoms with Gasteiger partial charge in [-0.25, -0.2) is 0 Å². The molecule has 0 fully saturated rings. The van der Waals surface area contributed by atoms with Crippen LogP contribution >= 0.6 is 0 Å². The van der Waals surface area contributed by atoms with Gasteiger partial charge >= 0.3 is 0 Å². The first-order valence-corrected chi connectivity index (χ1v) is 5.31. The van der Waals surface area contributed by atoms with E-state index in [4.69, 9.17) is 20.6 Å². The maximum atomic E-state index is 10.8. The van der Waals surface area contributed by atoms with E-state index in [1.165, 1.54) is 12.1 Å². The number of nitrogens with one attached hydrogen (secondary N) is 1. The molecule has 1 aromatic rings. The zero-order valence-electron chi connectivity index (χ0n) is 9.91. The molecule has 0 aliphatic heterocycles. The van der Waals surface area contributed by atoms with E-state index in [1.54, 1.807) is 6.07 Å². The zero-order valence-corrected chi connectivity index (χ0v) is 9.91. The lowest BCUT2D eigenvalue weighted by Crippen LogP contribution is -2.49. The number of aliphatic hydroxyl groups is 3. The highest BCUT2D eigenvalue weighted by atomic mass is 16.6. The van der Waals surface area contributed by atoms with Gasteiger partial charge in [-0.1, -0.05) is 0 Å². The molecule has 0 saturated carbocycles. The second-order valence-electron chi connectivity index (χ2n) is 3.98. The van der Waals surface area contributed by atoms with Crippen molar-refractivity contribution in [1.82, 2.24) is 0 Å². The predicted molar refractivity (Wildman–Crippen MR) is 65.4 cm³/mol. The van der Waals surface area contributed by atoms with Gasteiger partial charge in [0, 0.05) is 11.8 Å². The molecular formula is C11H13N3O5. The fraction of sp³-hybridized carbons (Fsp3) is 0.364. The average Bonchev–Trinajstić information content (AvgIpc) is 2.44. The molecule has 0 atom stereocenters. The van der Waals surface area contributed by atoms with Crippen LogP contribution in [0.4, 0.5) is 11.4 Å². The second kappa shape index (κ2) is 6.10. The molecule has 0 bridgehead atoms. The first kappa shape index (κ1) is 14.8. The van der Waals surface area contributed by atoms with Gasteiger partial charge in [-0.2, -0.15) is 5.26 Å². The topological polar surface area (TPSA) is 140 Å². The monoisotopic (exact) mass is 267 g/mol. The van der Waals surface area contributed by atoms with Crippen molar-refractivity contribution in [3.05, 3.63) is 33.9 Å². The summed E-state index contributed by atoms with van der Waals surface area (Å²) in [5.41, 5.74) is -1.67. The van der Waals surface area contributed by atoms with Crippen molar-refractivity contribution in [2.24, 2.45) is 0 Å². The third-order valence-corrected chi connectivity index (χ3v) is 2.63. The van der Waals surface area contributed by atoms with Gasteiger partial charge < -0.3 is 20.6 Å². The minimum Gasteiger partial charge on any atom is -0.394 e. The molecule has 0 unspecified atom stereocenters. The van der Waals surface area contributed by atoms with Gasteiger partial charge in [0.25, 0.3) is 5.69 Å². The summed E-state index contributed by atoms with van der Waals surface area (Å²) < 4.78 is 0. The fourth-order valence-corrected chi connectivity index (χ4v) is 1.43. The van der Waals surface area contributed by atoms with Crippen LogP contribution < -0.4 is 5.32 Å². The van der Waals surface area contributed by atoms with Gasteiger partial charge in [-0.3, -0.25) is 10.1 Å². The second-order valence-corrected chi connectivity index (χ2v) is 3.98. The Morgan fingerprint density at radius 1 is 1.32 bits per heavy atom. The summed E-state index contributed by atoms with van der Waals surface area (Å²) in [5, 5.41) is 49.6. The summed E-state index contributed by atoms with van der Waals surface area (Å²) in [6.07, 6.45) is 0. The highest BCUT2D eigenvalue weighted by Crippen LogP contribution is 2.24. The maximum Gasteiger partial charge on any atom is 0.289 e. The number of nitriles is 1. The highest BCUT2D eigenvalue weighted by Gasteiger charge is 2.28. The van der Waals surface area contributed by atoms with Crippen LogP contribution in [0.3, 0.4) is 0 Å². The van der Waals surface area contributed by atoms with E-state index in [2.05, 4.69) is 5.32 Å². The largest absolute Gasteiger partial charge is 0.394 e. The SMILES string of the molecule is N#Cc1ccc(NC(CO)(CO)CO)cc1[N+](=O)[O-]. The Balaban J connectivity index is 3.13. The van der Waals surface area contributed by atoms with Crippen LogP contribution in [-0.4, -0.2) is 45.6 Å². The van der Waals surface area contributed by atoms with Crippen LogP contribution in [0.1, 0.15) is 5.56 Å². The Morgan fingerprint density at radius 2 is 1.89 bits per heavy atom. The predicted octanol–water partition coefficient (Wildman–Crippen LogP) is -0.406. The van der Waals surface area contributed by atoms with E-state index in [0.29, 0.717) is 0 Å². The van der Waals surface area contributed by atoms with E-state index < -0.39 is 36.0 Å². The third kappa shape index (κ3) is 3.17. The number of anilines is 1. The van der Waals surface area contributed by atoms with Crippen LogP contribution in [0.5, 0.6) is 0 Å². The first-order chi connectivity index (χ1) is 9.01. The molecule has 0 spiro atoms. The number of hydrogen-bond donors (Lipinski definition) is 4. The summed E-state index contributed by atoms with van der Waals surface area (Å²) in [6, 6.07) is 5.43. The lowest BCUT2D eigenvalue weighted by Gasteiger charge is -2.29. The molecule has 4 N–H and O–H groups in total. The van der Waals surface area contributed by atoms with Crippen LogP contribution in [0, 0.1) is 21.4 Å². The maximum absolute atomic E-state index is 10.8. The molecule has 0 radical (unpaired) electrons. The number of hydrogen-bond acceptors (Lipinski definition) is 7. The third-order valence-electron chi connectivity index (χ3n) is 2.63. The molecule has 0 aliphatic rings. The molecule has 0 amide bonds. The lowest BCUT2D eigenvalue weighted by molar-refractivity contribution is -0.385. The van der Waals surface area contributed by atoms with Gasteiger partial charge in [0.15, 0.2) is 0 Å². The van der Waals surface area contributed by atoms with Crippen molar-refractivity contribution in [3.63, 3.8) is 0 Å². The van der Waals surface area contributed by atoms with Gasteiger partial charge in [0.2, 0.25) is 0 Å². The minimum absolute atomic E-state index is 0.0989. The molecule has 0 saturated heterocycles.